The number of esters is 2. The summed E-state index contributed by atoms with van der Waals surface area (Å²) in [5.41, 5.74) is 2.12. The number of unbranched alkanes of at least 4 members (excludes halogenated alkanes) is 4. The minimum absolute atomic E-state index is 0.0283. The van der Waals surface area contributed by atoms with Gasteiger partial charge in [-0.3, -0.25) is 0 Å². The number of carbonyl (C=O) groups excluding carboxylic acids is 2. The minimum Gasteiger partial charge on any atom is -0.461 e. The molecule has 0 aliphatic heterocycles. The predicted octanol–water partition coefficient (Wildman–Crippen LogP) is 5.59. The molecule has 2 N–H and O–H groups in total. The van der Waals surface area contributed by atoms with Gasteiger partial charge in [0.15, 0.2) is 0 Å². The Labute approximate surface area is 216 Å². The van der Waals surface area contributed by atoms with Crippen molar-refractivity contribution in [2.45, 2.75) is 83.0 Å². The van der Waals surface area contributed by atoms with E-state index in [1.807, 2.05) is 12.1 Å². The first-order valence-corrected chi connectivity index (χ1v) is 13.4. The molecule has 0 heterocycles. The summed E-state index contributed by atoms with van der Waals surface area (Å²) < 4.78 is 10.6. The van der Waals surface area contributed by atoms with E-state index in [0.29, 0.717) is 5.92 Å². The smallest absolute Gasteiger partial charge is 0.335 e. The van der Waals surface area contributed by atoms with Crippen molar-refractivity contribution in [1.82, 2.24) is 0 Å². The molecule has 0 spiro atoms. The van der Waals surface area contributed by atoms with Crippen LogP contribution in [0.1, 0.15) is 94.1 Å². The number of aliphatic hydroxyl groups excluding tert-OH is 2. The molecule has 36 heavy (non-hydrogen) atoms. The monoisotopic (exact) mass is 500 g/mol. The van der Waals surface area contributed by atoms with Gasteiger partial charge in [0.1, 0.15) is 13.2 Å². The van der Waals surface area contributed by atoms with Crippen LogP contribution in [0.4, 0.5) is 0 Å². The van der Waals surface area contributed by atoms with Gasteiger partial charge in [-0.05, 0) is 48.6 Å². The van der Waals surface area contributed by atoms with Gasteiger partial charge in [-0.2, -0.15) is 0 Å². The Balaban J connectivity index is 1.94. The van der Waals surface area contributed by atoms with Gasteiger partial charge in [-0.1, -0.05) is 82.9 Å². The quantitative estimate of drug-likeness (QED) is 0.175. The van der Waals surface area contributed by atoms with Gasteiger partial charge in [-0.15, -0.1) is 0 Å². The van der Waals surface area contributed by atoms with E-state index in [2.05, 4.69) is 32.2 Å². The van der Waals surface area contributed by atoms with E-state index in [1.54, 1.807) is 0 Å². The highest BCUT2D eigenvalue weighted by atomic mass is 16.5. The van der Waals surface area contributed by atoms with Gasteiger partial charge in [0.2, 0.25) is 0 Å². The van der Waals surface area contributed by atoms with Crippen molar-refractivity contribution in [3.05, 3.63) is 59.7 Å². The molecule has 6 nitrogen and oxygen atoms in total. The average molecular weight is 501 g/mol. The zero-order valence-electron chi connectivity index (χ0n) is 21.9. The highest BCUT2D eigenvalue weighted by molar-refractivity contribution is 5.88. The third-order valence-corrected chi connectivity index (χ3v) is 7.23. The Hall–Kier alpha value is -2.44. The van der Waals surface area contributed by atoms with Crippen molar-refractivity contribution in [3.8, 4) is 0 Å². The van der Waals surface area contributed by atoms with Gasteiger partial charge in [0.25, 0.3) is 0 Å². The lowest BCUT2D eigenvalue weighted by Crippen LogP contribution is -2.21. The Bertz CT molecular complexity index is 804. The molecule has 1 aromatic carbocycles. The molecular weight excluding hydrogens is 456 g/mol. The molecule has 0 atom stereocenters. The second kappa shape index (κ2) is 16.3. The van der Waals surface area contributed by atoms with Crippen LogP contribution in [0.2, 0.25) is 0 Å². The summed E-state index contributed by atoms with van der Waals surface area (Å²) in [5.74, 6) is -0.350. The summed E-state index contributed by atoms with van der Waals surface area (Å²) in [4.78, 5) is 23.9. The van der Waals surface area contributed by atoms with Crippen LogP contribution in [0.15, 0.2) is 48.6 Å². The molecule has 1 fully saturated rings. The van der Waals surface area contributed by atoms with Crippen LogP contribution in [0, 0.1) is 5.92 Å². The van der Waals surface area contributed by atoms with Crippen molar-refractivity contribution in [2.75, 3.05) is 26.4 Å². The van der Waals surface area contributed by atoms with Gasteiger partial charge in [0.05, 0.1) is 30.3 Å². The fraction of sp³-hybridized carbons (Fsp3) is 0.600. The summed E-state index contributed by atoms with van der Waals surface area (Å²) in [6, 6.07) is 8.26. The van der Waals surface area contributed by atoms with E-state index < -0.39 is 31.1 Å². The van der Waals surface area contributed by atoms with Crippen molar-refractivity contribution < 1.29 is 29.3 Å². The second-order valence-corrected chi connectivity index (χ2v) is 10.0. The van der Waals surface area contributed by atoms with Gasteiger partial charge >= 0.3 is 11.9 Å². The lowest BCUT2D eigenvalue weighted by molar-refractivity contribution is -0.142. The maximum absolute atomic E-state index is 12.0. The van der Waals surface area contributed by atoms with Crippen LogP contribution in [0.5, 0.6) is 0 Å². The summed E-state index contributed by atoms with van der Waals surface area (Å²) in [7, 11) is 0. The Morgan fingerprint density at radius 2 is 1.39 bits per heavy atom. The lowest BCUT2D eigenvalue weighted by atomic mass is 9.77. The maximum atomic E-state index is 12.0. The van der Waals surface area contributed by atoms with Crippen LogP contribution >= 0.6 is 0 Å². The topological polar surface area (TPSA) is 93.1 Å². The predicted molar refractivity (Wildman–Crippen MR) is 142 cm³/mol. The van der Waals surface area contributed by atoms with Gasteiger partial charge in [0, 0.05) is 0 Å². The van der Waals surface area contributed by atoms with Crippen LogP contribution in [-0.4, -0.2) is 48.6 Å². The summed E-state index contributed by atoms with van der Waals surface area (Å²) in [6.45, 7) is 8.19. The highest BCUT2D eigenvalue weighted by Crippen LogP contribution is 2.38. The normalized spacial score (nSPS) is 17.6. The standard InChI is InChI=1S/C30H44O6/c1-4-5-6-7-8-9-24-10-12-25(13-11-24)26-14-16-27(17-15-26)28(20-35-29(33)22(2)18-31)21-36-30(34)23(3)19-32/h14-17,24-25,28,31-32H,2-13,18-21H2,1H3. The molecule has 2 rings (SSSR count). The molecule has 0 saturated heterocycles. The molecule has 0 unspecified atom stereocenters. The zero-order chi connectivity index (χ0) is 26.3. The van der Waals surface area contributed by atoms with Gasteiger partial charge in [-0.25, -0.2) is 9.59 Å². The molecule has 0 amide bonds. The molecule has 1 aromatic rings. The Kier molecular flexibility index (Phi) is 13.5. The fourth-order valence-corrected chi connectivity index (χ4v) is 4.79. The minimum atomic E-state index is -0.688. The molecule has 1 aliphatic rings. The number of carbonyl (C=O) groups is 2. The molecule has 200 valence electrons. The number of ether oxygens (including phenoxy) is 2. The van der Waals surface area contributed by atoms with Crippen molar-refractivity contribution in [3.63, 3.8) is 0 Å². The zero-order valence-corrected chi connectivity index (χ0v) is 21.9. The number of hydrogen-bond donors (Lipinski definition) is 2. The third kappa shape index (κ3) is 9.90. The van der Waals surface area contributed by atoms with Crippen molar-refractivity contribution in [2.24, 2.45) is 5.92 Å². The Morgan fingerprint density at radius 1 is 0.861 bits per heavy atom. The lowest BCUT2D eigenvalue weighted by Gasteiger charge is -2.29. The summed E-state index contributed by atoms with van der Waals surface area (Å²) in [6.07, 6.45) is 13.1. The first kappa shape index (κ1) is 29.8. The first-order valence-electron chi connectivity index (χ1n) is 13.4. The van der Waals surface area contributed by atoms with E-state index >= 15 is 0 Å². The third-order valence-electron chi connectivity index (χ3n) is 7.23. The van der Waals surface area contributed by atoms with E-state index in [4.69, 9.17) is 19.7 Å². The van der Waals surface area contributed by atoms with Crippen molar-refractivity contribution in [1.29, 1.82) is 0 Å². The molecule has 1 aliphatic carbocycles. The largest absolute Gasteiger partial charge is 0.461 e. The fourth-order valence-electron chi connectivity index (χ4n) is 4.79. The highest BCUT2D eigenvalue weighted by Gasteiger charge is 2.23. The van der Waals surface area contributed by atoms with E-state index in [0.717, 1.165) is 11.5 Å². The number of hydrogen-bond acceptors (Lipinski definition) is 6. The second-order valence-electron chi connectivity index (χ2n) is 10.0. The number of benzene rings is 1. The molecule has 1 saturated carbocycles. The first-order chi connectivity index (χ1) is 17.4. The van der Waals surface area contributed by atoms with Crippen LogP contribution in [-0.2, 0) is 19.1 Å². The van der Waals surface area contributed by atoms with Gasteiger partial charge < -0.3 is 19.7 Å². The van der Waals surface area contributed by atoms with Crippen LogP contribution in [0.3, 0.4) is 0 Å². The number of aliphatic hydroxyl groups is 2. The average Bonchev–Trinajstić information content (AvgIpc) is 2.92. The summed E-state index contributed by atoms with van der Waals surface area (Å²) in [5, 5.41) is 18.2. The van der Waals surface area contributed by atoms with Crippen LogP contribution < -0.4 is 0 Å². The van der Waals surface area contributed by atoms with Crippen molar-refractivity contribution >= 4 is 11.9 Å². The van der Waals surface area contributed by atoms with E-state index in [9.17, 15) is 9.59 Å². The molecule has 6 heteroatoms. The van der Waals surface area contributed by atoms with Crippen LogP contribution in [0.25, 0.3) is 0 Å². The molecule has 0 radical (unpaired) electrons. The summed E-state index contributed by atoms with van der Waals surface area (Å²) >= 11 is 0. The SMILES string of the molecule is C=C(CO)C(=O)OCC(COC(=O)C(=C)CO)c1ccc(C2CCC(CCCCCCC)CC2)cc1. The number of rotatable bonds is 16. The maximum Gasteiger partial charge on any atom is 0.335 e. The molecule has 0 bridgehead atoms. The molecule has 0 aromatic heterocycles. The van der Waals surface area contributed by atoms with E-state index in [-0.39, 0.29) is 24.4 Å². The molecular formula is C30H44O6. The Morgan fingerprint density at radius 3 is 1.89 bits per heavy atom. The van der Waals surface area contributed by atoms with E-state index in [1.165, 1.54) is 69.8 Å².